The number of ether oxygens (including phenoxy) is 2. The Kier molecular flexibility index (Phi) is 5.60. The average Bonchev–Trinajstić information content (AvgIpc) is 3.49. The average molecular weight is 432 g/mol. The minimum Gasteiger partial charge on any atom is -0.495 e. The van der Waals surface area contributed by atoms with Gasteiger partial charge in [-0.05, 0) is 29.7 Å². The number of anilines is 3. The van der Waals surface area contributed by atoms with Crippen molar-refractivity contribution in [3.63, 3.8) is 0 Å². The van der Waals surface area contributed by atoms with E-state index in [-0.39, 0.29) is 17.9 Å². The maximum Gasteiger partial charge on any atom is 0.313 e. The van der Waals surface area contributed by atoms with Gasteiger partial charge in [-0.15, -0.1) is 0 Å². The van der Waals surface area contributed by atoms with Crippen molar-refractivity contribution in [3.05, 3.63) is 72.1 Å². The highest BCUT2D eigenvalue weighted by molar-refractivity contribution is 5.80. The molecule has 1 aromatic heterocycles. The number of hydrogen-bond acceptors (Lipinski definition) is 8. The van der Waals surface area contributed by atoms with Crippen molar-refractivity contribution >= 4 is 23.3 Å². The Bertz CT molecular complexity index is 1110. The smallest absolute Gasteiger partial charge is 0.313 e. The lowest BCUT2D eigenvalue weighted by atomic mass is 9.97. The highest BCUT2D eigenvalue weighted by Crippen LogP contribution is 2.36. The molecule has 32 heavy (non-hydrogen) atoms. The van der Waals surface area contributed by atoms with Crippen LogP contribution in [-0.4, -0.2) is 36.3 Å². The number of nitrogens with zero attached hydrogens (tertiary/aromatic N) is 3. The van der Waals surface area contributed by atoms with Gasteiger partial charge in [-0.25, -0.2) is 15.0 Å². The molecule has 2 aliphatic rings. The zero-order chi connectivity index (χ0) is 21.9. The second kappa shape index (κ2) is 8.84. The molecular weight excluding hydrogens is 408 g/mol. The number of methoxy groups -OCH3 is 1. The number of carbonyl (C=O) groups is 1. The third kappa shape index (κ3) is 3.97. The largest absolute Gasteiger partial charge is 0.495 e. The zero-order valence-electron chi connectivity index (χ0n) is 17.7. The van der Waals surface area contributed by atoms with Crippen molar-refractivity contribution < 1.29 is 19.1 Å². The van der Waals surface area contributed by atoms with E-state index in [2.05, 4.69) is 27.4 Å². The van der Waals surface area contributed by atoms with Gasteiger partial charge >= 0.3 is 5.97 Å². The molecule has 0 aliphatic carbocycles. The topological polar surface area (TPSA) is 85.8 Å². The second-order valence-corrected chi connectivity index (χ2v) is 7.73. The van der Waals surface area contributed by atoms with E-state index in [1.165, 1.54) is 11.9 Å². The number of esters is 1. The molecule has 0 radical (unpaired) electrons. The summed E-state index contributed by atoms with van der Waals surface area (Å²) in [6.45, 7) is 1.09. The monoisotopic (exact) mass is 432 g/mol. The van der Waals surface area contributed by atoms with Crippen LogP contribution in [0, 0.1) is 0 Å². The summed E-state index contributed by atoms with van der Waals surface area (Å²) in [5, 5.41) is 5.14. The van der Waals surface area contributed by atoms with Crippen molar-refractivity contribution in [1.29, 1.82) is 0 Å². The number of carbonyl (C=O) groups excluding carboxylic acids is 1. The van der Waals surface area contributed by atoms with E-state index in [1.54, 1.807) is 7.11 Å². The summed E-state index contributed by atoms with van der Waals surface area (Å²) in [5.41, 5.74) is 2.81. The summed E-state index contributed by atoms with van der Waals surface area (Å²) >= 11 is 0. The molecule has 164 valence electrons. The highest BCUT2D eigenvalue weighted by atomic mass is 16.7. The van der Waals surface area contributed by atoms with Gasteiger partial charge in [0.15, 0.2) is 5.82 Å². The molecule has 5 rings (SSSR count). The van der Waals surface area contributed by atoms with Crippen LogP contribution in [0.1, 0.15) is 35.9 Å². The summed E-state index contributed by atoms with van der Waals surface area (Å²) in [6, 6.07) is 17.9. The van der Waals surface area contributed by atoms with Crippen LogP contribution >= 0.6 is 0 Å². The Balaban J connectivity index is 1.38. The van der Waals surface area contributed by atoms with Crippen molar-refractivity contribution in [2.45, 2.75) is 24.8 Å². The van der Waals surface area contributed by atoms with E-state index in [1.807, 2.05) is 47.5 Å². The third-order valence-corrected chi connectivity index (χ3v) is 5.79. The molecule has 3 aromatic rings. The standard InChI is InChI=1S/C24H24N4O4/c1-30-21-13-17(18-9-11-31-24(18)29)7-8-19(21)27-22-14-23(26-15-25-22)28-20(10-12-32-28)16-5-3-2-4-6-16/h2-8,13-15,18,20H,9-12H2,1H3,(H,25,26,27)/t18-,20-/m1/s1. The lowest BCUT2D eigenvalue weighted by Gasteiger charge is -2.24. The number of hydroxylamine groups is 1. The van der Waals surface area contributed by atoms with Crippen molar-refractivity contribution in [2.24, 2.45) is 0 Å². The van der Waals surface area contributed by atoms with Gasteiger partial charge in [0.2, 0.25) is 0 Å². The Hall–Kier alpha value is -3.65. The molecule has 0 spiro atoms. The highest BCUT2D eigenvalue weighted by Gasteiger charge is 2.30. The molecular formula is C24H24N4O4. The molecule has 0 bridgehead atoms. The van der Waals surface area contributed by atoms with E-state index in [0.29, 0.717) is 37.0 Å². The third-order valence-electron chi connectivity index (χ3n) is 5.79. The fourth-order valence-electron chi connectivity index (χ4n) is 4.17. The lowest BCUT2D eigenvalue weighted by Crippen LogP contribution is -2.22. The summed E-state index contributed by atoms with van der Waals surface area (Å²) in [4.78, 5) is 26.6. The predicted octanol–water partition coefficient (Wildman–Crippen LogP) is 4.14. The summed E-state index contributed by atoms with van der Waals surface area (Å²) in [6.07, 6.45) is 3.08. The van der Waals surface area contributed by atoms with Crippen LogP contribution in [0.15, 0.2) is 60.9 Å². The SMILES string of the molecule is COc1cc([C@H]2CCOC2=O)ccc1Nc1cc(N2OCC[C@@H]2c2ccccc2)ncn1. The first-order valence-electron chi connectivity index (χ1n) is 10.6. The number of rotatable bonds is 6. The van der Waals surface area contributed by atoms with Gasteiger partial charge in [0.1, 0.15) is 17.9 Å². The van der Waals surface area contributed by atoms with Crippen LogP contribution in [0.5, 0.6) is 5.75 Å². The van der Waals surface area contributed by atoms with Crippen LogP contribution < -0.4 is 15.1 Å². The minimum atomic E-state index is -0.245. The molecule has 2 saturated heterocycles. The summed E-state index contributed by atoms with van der Waals surface area (Å²) < 4.78 is 10.7. The van der Waals surface area contributed by atoms with Gasteiger partial charge in [-0.2, -0.15) is 0 Å². The molecule has 2 fully saturated rings. The number of cyclic esters (lactones) is 1. The van der Waals surface area contributed by atoms with Crippen molar-refractivity contribution in [3.8, 4) is 5.75 Å². The molecule has 2 aliphatic heterocycles. The van der Waals surface area contributed by atoms with E-state index < -0.39 is 0 Å². The normalized spacial score (nSPS) is 20.3. The molecule has 0 unspecified atom stereocenters. The van der Waals surface area contributed by atoms with E-state index >= 15 is 0 Å². The van der Waals surface area contributed by atoms with Crippen molar-refractivity contribution in [1.82, 2.24) is 9.97 Å². The van der Waals surface area contributed by atoms with Crippen LogP contribution in [0.3, 0.4) is 0 Å². The van der Waals surface area contributed by atoms with E-state index in [0.717, 1.165) is 17.7 Å². The molecule has 2 atom stereocenters. The van der Waals surface area contributed by atoms with Gasteiger partial charge in [0.05, 0.1) is 38.0 Å². The van der Waals surface area contributed by atoms with E-state index in [4.69, 9.17) is 14.3 Å². The zero-order valence-corrected chi connectivity index (χ0v) is 17.7. The van der Waals surface area contributed by atoms with Crippen LogP contribution in [-0.2, 0) is 14.4 Å². The number of nitrogens with one attached hydrogen (secondary N) is 1. The quantitative estimate of drug-likeness (QED) is 0.582. The number of aromatic nitrogens is 2. The maximum atomic E-state index is 11.9. The molecule has 0 saturated carbocycles. The summed E-state index contributed by atoms with van der Waals surface area (Å²) in [7, 11) is 1.60. The van der Waals surface area contributed by atoms with Gasteiger partial charge in [0.25, 0.3) is 0 Å². The second-order valence-electron chi connectivity index (χ2n) is 7.73. The lowest BCUT2D eigenvalue weighted by molar-refractivity contribution is -0.139. The first-order chi connectivity index (χ1) is 15.7. The summed E-state index contributed by atoms with van der Waals surface area (Å²) in [5.74, 6) is 1.49. The Morgan fingerprint density at radius 1 is 1.03 bits per heavy atom. The Morgan fingerprint density at radius 2 is 1.91 bits per heavy atom. The molecule has 3 heterocycles. The predicted molar refractivity (Wildman–Crippen MR) is 119 cm³/mol. The first-order valence-corrected chi connectivity index (χ1v) is 10.6. The van der Waals surface area contributed by atoms with Crippen LogP contribution in [0.4, 0.5) is 17.3 Å². The molecule has 8 heteroatoms. The van der Waals surface area contributed by atoms with Gasteiger partial charge in [-0.1, -0.05) is 36.4 Å². The van der Waals surface area contributed by atoms with Crippen LogP contribution in [0.25, 0.3) is 0 Å². The van der Waals surface area contributed by atoms with Crippen molar-refractivity contribution in [2.75, 3.05) is 30.7 Å². The van der Waals surface area contributed by atoms with Gasteiger partial charge in [-0.3, -0.25) is 9.63 Å². The fraction of sp³-hybridized carbons (Fsp3) is 0.292. The molecule has 0 amide bonds. The van der Waals surface area contributed by atoms with Gasteiger partial charge in [0, 0.05) is 12.5 Å². The number of benzene rings is 2. The minimum absolute atomic E-state index is 0.0962. The maximum absolute atomic E-state index is 11.9. The van der Waals surface area contributed by atoms with E-state index in [9.17, 15) is 4.79 Å². The molecule has 2 aromatic carbocycles. The molecule has 1 N–H and O–H groups in total. The fourth-order valence-corrected chi connectivity index (χ4v) is 4.17. The first kappa shape index (κ1) is 20.3. The van der Waals surface area contributed by atoms with Gasteiger partial charge < -0.3 is 14.8 Å². The Labute approximate surface area is 186 Å². The molecule has 8 nitrogen and oxygen atoms in total. The van der Waals surface area contributed by atoms with Crippen LogP contribution in [0.2, 0.25) is 0 Å². The Morgan fingerprint density at radius 3 is 2.69 bits per heavy atom. The number of hydrogen-bond donors (Lipinski definition) is 1.